The van der Waals surface area contributed by atoms with Gasteiger partial charge in [0.25, 0.3) is 0 Å². The van der Waals surface area contributed by atoms with Gasteiger partial charge in [-0.15, -0.1) is 11.6 Å². The summed E-state index contributed by atoms with van der Waals surface area (Å²) in [6, 6.07) is 8.01. The van der Waals surface area contributed by atoms with Gasteiger partial charge in [-0.05, 0) is 11.6 Å². The quantitative estimate of drug-likeness (QED) is 0.760. The lowest BCUT2D eigenvalue weighted by Gasteiger charge is -2.11. The summed E-state index contributed by atoms with van der Waals surface area (Å²) in [5.41, 5.74) is 2.13. The topological polar surface area (TPSA) is 27.7 Å². The van der Waals surface area contributed by atoms with Crippen LogP contribution in [0.3, 0.4) is 0 Å². The van der Waals surface area contributed by atoms with E-state index in [0.29, 0.717) is 19.1 Å². The molecule has 1 aromatic carbocycles. The van der Waals surface area contributed by atoms with Crippen molar-refractivity contribution < 1.29 is 14.2 Å². The van der Waals surface area contributed by atoms with Crippen molar-refractivity contribution in [2.45, 2.75) is 19.0 Å². The third-order valence-electron chi connectivity index (χ3n) is 2.46. The summed E-state index contributed by atoms with van der Waals surface area (Å²) in [6.45, 7) is 1.15. The predicted molar refractivity (Wildman–Crippen MR) is 61.4 cm³/mol. The summed E-state index contributed by atoms with van der Waals surface area (Å²) >= 11 is 5.72. The van der Waals surface area contributed by atoms with Gasteiger partial charge in [0.2, 0.25) is 0 Å². The van der Waals surface area contributed by atoms with Crippen molar-refractivity contribution >= 4 is 11.6 Å². The van der Waals surface area contributed by atoms with E-state index in [9.17, 15) is 0 Å². The van der Waals surface area contributed by atoms with Crippen LogP contribution in [0.5, 0.6) is 0 Å². The van der Waals surface area contributed by atoms with Gasteiger partial charge in [0.1, 0.15) is 0 Å². The first-order valence-electron chi connectivity index (χ1n) is 5.24. The maximum absolute atomic E-state index is 5.72. The van der Waals surface area contributed by atoms with Crippen molar-refractivity contribution in [2.24, 2.45) is 0 Å². The summed E-state index contributed by atoms with van der Waals surface area (Å²) in [4.78, 5) is 0. The van der Waals surface area contributed by atoms with Gasteiger partial charge in [-0.2, -0.15) is 0 Å². The van der Waals surface area contributed by atoms with Crippen molar-refractivity contribution in [3.8, 4) is 0 Å². The second-order valence-electron chi connectivity index (χ2n) is 3.76. The van der Waals surface area contributed by atoms with E-state index in [1.807, 2.05) is 24.3 Å². The summed E-state index contributed by atoms with van der Waals surface area (Å²) in [5, 5.41) is 0. The van der Waals surface area contributed by atoms with E-state index in [-0.39, 0.29) is 12.4 Å². The van der Waals surface area contributed by atoms with Crippen LogP contribution in [0.1, 0.15) is 17.4 Å². The minimum atomic E-state index is -0.291. The van der Waals surface area contributed by atoms with E-state index in [1.54, 1.807) is 7.11 Å². The summed E-state index contributed by atoms with van der Waals surface area (Å²) in [5.74, 6) is 0.467. The number of rotatable bonds is 4. The first kappa shape index (κ1) is 11.9. The second kappa shape index (κ2) is 5.64. The van der Waals surface area contributed by atoms with Crippen LogP contribution in [0.25, 0.3) is 0 Å². The first-order chi connectivity index (χ1) is 7.83. The summed E-state index contributed by atoms with van der Waals surface area (Å²) in [6.07, 6.45) is -0.293. The maximum atomic E-state index is 5.72. The minimum absolute atomic E-state index is 0.00209. The van der Waals surface area contributed by atoms with Crippen LogP contribution in [0.4, 0.5) is 0 Å². The Morgan fingerprint density at radius 1 is 1.50 bits per heavy atom. The summed E-state index contributed by atoms with van der Waals surface area (Å²) < 4.78 is 16.2. The molecule has 1 saturated heterocycles. The van der Waals surface area contributed by atoms with Crippen molar-refractivity contribution in [1.29, 1.82) is 0 Å². The van der Waals surface area contributed by atoms with E-state index in [1.165, 1.54) is 0 Å². The molecule has 0 amide bonds. The Balaban J connectivity index is 2.06. The van der Waals surface area contributed by atoms with E-state index in [4.69, 9.17) is 25.8 Å². The largest absolute Gasteiger partial charge is 0.380 e. The normalized spacial score (nSPS) is 24.9. The average Bonchev–Trinajstić information content (AvgIpc) is 2.78. The van der Waals surface area contributed by atoms with Gasteiger partial charge in [-0.1, -0.05) is 18.2 Å². The van der Waals surface area contributed by atoms with Crippen LogP contribution in [0.2, 0.25) is 0 Å². The monoisotopic (exact) mass is 242 g/mol. The molecule has 88 valence electrons. The summed E-state index contributed by atoms with van der Waals surface area (Å²) in [7, 11) is 1.68. The molecule has 1 fully saturated rings. The minimum Gasteiger partial charge on any atom is -0.380 e. The number of benzene rings is 1. The highest BCUT2D eigenvalue weighted by atomic mass is 35.5. The fourth-order valence-electron chi connectivity index (χ4n) is 1.70. The lowest BCUT2D eigenvalue weighted by molar-refractivity contribution is -0.0568. The van der Waals surface area contributed by atoms with Gasteiger partial charge in [0.05, 0.1) is 25.2 Å². The average molecular weight is 243 g/mol. The zero-order chi connectivity index (χ0) is 11.4. The number of alkyl halides is 1. The number of hydrogen-bond acceptors (Lipinski definition) is 3. The number of hydrogen-bond donors (Lipinski definition) is 0. The molecule has 1 aromatic rings. The Morgan fingerprint density at radius 2 is 2.38 bits per heavy atom. The second-order valence-corrected chi connectivity index (χ2v) is 4.06. The van der Waals surface area contributed by atoms with E-state index >= 15 is 0 Å². The molecule has 0 spiro atoms. The zero-order valence-electron chi connectivity index (χ0n) is 9.19. The lowest BCUT2D eigenvalue weighted by Crippen LogP contribution is -2.10. The molecule has 0 N–H and O–H groups in total. The standard InChI is InChI=1S/C12H15ClO3/c1-14-7-9-3-2-4-10(5-9)12-15-8-11(6-13)16-12/h2-5,11-12H,6-8H2,1H3. The molecule has 0 radical (unpaired) electrons. The van der Waals surface area contributed by atoms with E-state index in [0.717, 1.165) is 11.1 Å². The molecule has 16 heavy (non-hydrogen) atoms. The van der Waals surface area contributed by atoms with Crippen LogP contribution in [0, 0.1) is 0 Å². The number of methoxy groups -OCH3 is 1. The first-order valence-corrected chi connectivity index (χ1v) is 5.77. The lowest BCUT2D eigenvalue weighted by atomic mass is 10.1. The molecule has 4 heteroatoms. The smallest absolute Gasteiger partial charge is 0.184 e. The Bertz CT molecular complexity index is 343. The SMILES string of the molecule is COCc1cccc(C2OCC(CCl)O2)c1. The van der Waals surface area contributed by atoms with Crippen LogP contribution in [-0.2, 0) is 20.8 Å². The van der Waals surface area contributed by atoms with Crippen LogP contribution < -0.4 is 0 Å². The Hall–Kier alpha value is -0.610. The van der Waals surface area contributed by atoms with Gasteiger partial charge in [-0.25, -0.2) is 0 Å². The molecule has 0 aliphatic carbocycles. The van der Waals surface area contributed by atoms with Gasteiger partial charge in [-0.3, -0.25) is 0 Å². The molecule has 1 aliphatic rings. The Morgan fingerprint density at radius 3 is 3.06 bits per heavy atom. The molecule has 2 rings (SSSR count). The molecule has 3 nitrogen and oxygen atoms in total. The molecule has 0 bridgehead atoms. The molecule has 1 heterocycles. The number of ether oxygens (including phenoxy) is 3. The predicted octanol–water partition coefficient (Wildman–Crippen LogP) is 2.49. The molecule has 0 aromatic heterocycles. The molecular formula is C12H15ClO3. The zero-order valence-corrected chi connectivity index (χ0v) is 9.94. The van der Waals surface area contributed by atoms with Crippen molar-refractivity contribution in [1.82, 2.24) is 0 Å². The van der Waals surface area contributed by atoms with Gasteiger partial charge in [0.15, 0.2) is 6.29 Å². The maximum Gasteiger partial charge on any atom is 0.184 e. The molecular weight excluding hydrogens is 228 g/mol. The van der Waals surface area contributed by atoms with Gasteiger partial charge < -0.3 is 14.2 Å². The van der Waals surface area contributed by atoms with Gasteiger partial charge >= 0.3 is 0 Å². The molecule has 2 atom stereocenters. The van der Waals surface area contributed by atoms with Crippen LogP contribution in [-0.4, -0.2) is 25.7 Å². The Labute approximate surface area is 100 Å². The molecule has 1 aliphatic heterocycles. The fourth-order valence-corrected chi connectivity index (χ4v) is 1.86. The fraction of sp³-hybridized carbons (Fsp3) is 0.500. The van der Waals surface area contributed by atoms with Gasteiger partial charge in [0, 0.05) is 12.7 Å². The highest BCUT2D eigenvalue weighted by Crippen LogP contribution is 2.27. The Kier molecular flexibility index (Phi) is 4.18. The van der Waals surface area contributed by atoms with Crippen molar-refractivity contribution in [3.63, 3.8) is 0 Å². The third kappa shape index (κ3) is 2.74. The molecule has 2 unspecified atom stereocenters. The highest BCUT2D eigenvalue weighted by molar-refractivity contribution is 6.18. The van der Waals surface area contributed by atoms with Crippen LogP contribution >= 0.6 is 11.6 Å². The van der Waals surface area contributed by atoms with Crippen LogP contribution in [0.15, 0.2) is 24.3 Å². The highest BCUT2D eigenvalue weighted by Gasteiger charge is 2.26. The number of halogens is 1. The van der Waals surface area contributed by atoms with E-state index in [2.05, 4.69) is 0 Å². The third-order valence-corrected chi connectivity index (χ3v) is 2.80. The van der Waals surface area contributed by atoms with Crippen molar-refractivity contribution in [2.75, 3.05) is 19.6 Å². The van der Waals surface area contributed by atoms with E-state index < -0.39 is 0 Å². The van der Waals surface area contributed by atoms with Crippen molar-refractivity contribution in [3.05, 3.63) is 35.4 Å². The molecule has 0 saturated carbocycles.